The summed E-state index contributed by atoms with van der Waals surface area (Å²) in [6.45, 7) is 0.805. The van der Waals surface area contributed by atoms with Crippen LogP contribution in [-0.4, -0.2) is 36.8 Å². The standard InChI is InChI=1S/C14H18N2O4/c1-19-13(17)12-8-5-9-15-16(12)14(18)20-10-11-6-3-2-4-7-11/h2-4,6-7,12,15H,5,8-10H2,1H3/t12-/m0/s1. The summed E-state index contributed by atoms with van der Waals surface area (Å²) < 4.78 is 9.91. The third-order valence-corrected chi connectivity index (χ3v) is 3.12. The number of hydrazine groups is 1. The predicted molar refractivity (Wildman–Crippen MR) is 71.5 cm³/mol. The normalized spacial score (nSPS) is 18.4. The van der Waals surface area contributed by atoms with Crippen LogP contribution in [0.2, 0.25) is 0 Å². The van der Waals surface area contributed by atoms with Gasteiger partial charge < -0.3 is 9.47 Å². The molecule has 0 aliphatic carbocycles. The number of nitrogens with one attached hydrogen (secondary N) is 1. The maximum Gasteiger partial charge on any atom is 0.425 e. The van der Waals surface area contributed by atoms with Crippen molar-refractivity contribution in [3.05, 3.63) is 35.9 Å². The summed E-state index contributed by atoms with van der Waals surface area (Å²) >= 11 is 0. The zero-order valence-electron chi connectivity index (χ0n) is 11.4. The van der Waals surface area contributed by atoms with Crippen LogP contribution in [0, 0.1) is 0 Å². The molecule has 1 aromatic carbocycles. The van der Waals surface area contributed by atoms with Gasteiger partial charge in [0.1, 0.15) is 12.6 Å². The van der Waals surface area contributed by atoms with Gasteiger partial charge in [-0.05, 0) is 18.4 Å². The quantitative estimate of drug-likeness (QED) is 0.848. The minimum atomic E-state index is -0.628. The second kappa shape index (κ2) is 6.91. The van der Waals surface area contributed by atoms with Gasteiger partial charge in [-0.2, -0.15) is 0 Å². The van der Waals surface area contributed by atoms with Gasteiger partial charge in [0.05, 0.1) is 7.11 Å². The van der Waals surface area contributed by atoms with Crippen LogP contribution in [0.4, 0.5) is 4.79 Å². The predicted octanol–water partition coefficient (Wildman–Crippen LogP) is 1.47. The molecule has 1 aliphatic rings. The van der Waals surface area contributed by atoms with E-state index in [2.05, 4.69) is 5.43 Å². The lowest BCUT2D eigenvalue weighted by Crippen LogP contribution is -2.56. The molecular weight excluding hydrogens is 260 g/mol. The van der Waals surface area contributed by atoms with E-state index in [0.29, 0.717) is 13.0 Å². The number of hydrogen-bond acceptors (Lipinski definition) is 5. The number of ether oxygens (including phenoxy) is 2. The van der Waals surface area contributed by atoms with E-state index in [0.717, 1.165) is 12.0 Å². The minimum Gasteiger partial charge on any atom is -0.467 e. The summed E-state index contributed by atoms with van der Waals surface area (Å²) in [6.07, 6.45) is 0.812. The fourth-order valence-electron chi connectivity index (χ4n) is 2.07. The molecule has 0 bridgehead atoms. The molecule has 108 valence electrons. The van der Waals surface area contributed by atoms with Gasteiger partial charge >= 0.3 is 12.1 Å². The van der Waals surface area contributed by atoms with E-state index in [9.17, 15) is 9.59 Å². The van der Waals surface area contributed by atoms with Gasteiger partial charge in [0, 0.05) is 6.54 Å². The maximum atomic E-state index is 12.0. The molecule has 6 heteroatoms. The Hall–Kier alpha value is -2.08. The van der Waals surface area contributed by atoms with E-state index >= 15 is 0 Å². The number of amides is 1. The molecule has 1 atom stereocenters. The molecule has 1 fully saturated rings. The zero-order chi connectivity index (χ0) is 14.4. The summed E-state index contributed by atoms with van der Waals surface area (Å²) in [5.41, 5.74) is 3.77. The highest BCUT2D eigenvalue weighted by Crippen LogP contribution is 2.14. The number of carbonyl (C=O) groups is 2. The molecule has 1 N–H and O–H groups in total. The Balaban J connectivity index is 1.94. The number of rotatable bonds is 3. The van der Waals surface area contributed by atoms with Crippen LogP contribution in [0.3, 0.4) is 0 Å². The molecule has 0 unspecified atom stereocenters. The average Bonchev–Trinajstić information content (AvgIpc) is 2.52. The van der Waals surface area contributed by atoms with E-state index in [1.54, 1.807) is 0 Å². The molecule has 1 saturated heterocycles. The van der Waals surface area contributed by atoms with Crippen LogP contribution < -0.4 is 5.43 Å². The number of nitrogens with zero attached hydrogens (tertiary/aromatic N) is 1. The van der Waals surface area contributed by atoms with Crippen LogP contribution >= 0.6 is 0 Å². The van der Waals surface area contributed by atoms with Gasteiger partial charge in [0.15, 0.2) is 0 Å². The fourth-order valence-corrected chi connectivity index (χ4v) is 2.07. The Kier molecular flexibility index (Phi) is 4.95. The first kappa shape index (κ1) is 14.3. The number of carbonyl (C=O) groups excluding carboxylic acids is 2. The van der Waals surface area contributed by atoms with Gasteiger partial charge in [-0.1, -0.05) is 30.3 Å². The Bertz CT molecular complexity index is 464. The first-order valence-electron chi connectivity index (χ1n) is 6.53. The number of methoxy groups -OCH3 is 1. The SMILES string of the molecule is COC(=O)[C@@H]1CCCNN1C(=O)OCc1ccccc1. The number of hydrogen-bond donors (Lipinski definition) is 1. The smallest absolute Gasteiger partial charge is 0.425 e. The monoisotopic (exact) mass is 278 g/mol. The summed E-state index contributed by atoms with van der Waals surface area (Å²) in [5.74, 6) is -0.436. The second-order valence-electron chi connectivity index (χ2n) is 4.50. The molecule has 0 radical (unpaired) electrons. The van der Waals surface area contributed by atoms with Gasteiger partial charge in [-0.25, -0.2) is 20.0 Å². The van der Waals surface area contributed by atoms with Crippen molar-refractivity contribution in [3.8, 4) is 0 Å². The minimum absolute atomic E-state index is 0.172. The van der Waals surface area contributed by atoms with Crippen LogP contribution in [0.1, 0.15) is 18.4 Å². The van der Waals surface area contributed by atoms with E-state index in [1.165, 1.54) is 12.1 Å². The van der Waals surface area contributed by atoms with Gasteiger partial charge in [0.2, 0.25) is 0 Å². The van der Waals surface area contributed by atoms with Crippen molar-refractivity contribution in [2.45, 2.75) is 25.5 Å². The fraction of sp³-hybridized carbons (Fsp3) is 0.429. The highest BCUT2D eigenvalue weighted by atomic mass is 16.6. The van der Waals surface area contributed by atoms with Crippen molar-refractivity contribution < 1.29 is 19.1 Å². The lowest BCUT2D eigenvalue weighted by atomic mass is 10.1. The van der Waals surface area contributed by atoms with Crippen molar-refractivity contribution in [1.82, 2.24) is 10.4 Å². The van der Waals surface area contributed by atoms with E-state index in [1.807, 2.05) is 30.3 Å². The highest BCUT2D eigenvalue weighted by molar-refractivity contribution is 5.81. The summed E-state index contributed by atoms with van der Waals surface area (Å²) in [4.78, 5) is 23.7. The Labute approximate surface area is 117 Å². The van der Waals surface area contributed by atoms with Gasteiger partial charge in [-0.3, -0.25) is 0 Å². The summed E-state index contributed by atoms with van der Waals surface area (Å²) in [7, 11) is 1.31. The van der Waals surface area contributed by atoms with Crippen molar-refractivity contribution in [3.63, 3.8) is 0 Å². The number of benzene rings is 1. The van der Waals surface area contributed by atoms with Crippen molar-refractivity contribution >= 4 is 12.1 Å². The zero-order valence-corrected chi connectivity index (χ0v) is 11.4. The average molecular weight is 278 g/mol. The molecule has 1 aliphatic heterocycles. The second-order valence-corrected chi connectivity index (χ2v) is 4.50. The number of esters is 1. The highest BCUT2D eigenvalue weighted by Gasteiger charge is 2.34. The van der Waals surface area contributed by atoms with Crippen molar-refractivity contribution in [1.29, 1.82) is 0 Å². The third-order valence-electron chi connectivity index (χ3n) is 3.12. The first-order chi connectivity index (χ1) is 9.72. The molecule has 2 rings (SSSR count). The third kappa shape index (κ3) is 3.48. The summed E-state index contributed by atoms with van der Waals surface area (Å²) in [6, 6.07) is 8.75. The van der Waals surface area contributed by atoms with E-state index < -0.39 is 18.1 Å². The van der Waals surface area contributed by atoms with Crippen LogP contribution in [0.25, 0.3) is 0 Å². The molecule has 0 saturated carbocycles. The molecular formula is C14H18N2O4. The van der Waals surface area contributed by atoms with Crippen molar-refractivity contribution in [2.75, 3.05) is 13.7 Å². The maximum absolute atomic E-state index is 12.0. The Morgan fingerprint density at radius 3 is 2.80 bits per heavy atom. The van der Waals surface area contributed by atoms with Crippen molar-refractivity contribution in [2.24, 2.45) is 0 Å². The van der Waals surface area contributed by atoms with Crippen LogP contribution in [0.5, 0.6) is 0 Å². The van der Waals surface area contributed by atoms with E-state index in [4.69, 9.17) is 9.47 Å². The molecule has 1 amide bonds. The Morgan fingerprint density at radius 2 is 2.10 bits per heavy atom. The van der Waals surface area contributed by atoms with Crippen LogP contribution in [-0.2, 0) is 20.9 Å². The van der Waals surface area contributed by atoms with Gasteiger partial charge in [0.25, 0.3) is 0 Å². The first-order valence-corrected chi connectivity index (χ1v) is 6.53. The molecule has 0 spiro atoms. The summed E-state index contributed by atoms with van der Waals surface area (Å²) in [5, 5.41) is 1.22. The topological polar surface area (TPSA) is 67.9 Å². The molecule has 1 aromatic rings. The van der Waals surface area contributed by atoms with E-state index in [-0.39, 0.29) is 6.61 Å². The lowest BCUT2D eigenvalue weighted by Gasteiger charge is -2.33. The van der Waals surface area contributed by atoms with Gasteiger partial charge in [-0.15, -0.1) is 0 Å². The Morgan fingerprint density at radius 1 is 1.35 bits per heavy atom. The van der Waals surface area contributed by atoms with Crippen LogP contribution in [0.15, 0.2) is 30.3 Å². The molecule has 6 nitrogen and oxygen atoms in total. The molecule has 1 heterocycles. The molecule has 20 heavy (non-hydrogen) atoms. The largest absolute Gasteiger partial charge is 0.467 e. The molecule has 0 aromatic heterocycles. The lowest BCUT2D eigenvalue weighted by molar-refractivity contribution is -0.149.